The van der Waals surface area contributed by atoms with E-state index in [1.54, 1.807) is 60.7 Å². The van der Waals surface area contributed by atoms with Gasteiger partial charge in [0.15, 0.2) is 12.4 Å². The maximum absolute atomic E-state index is 13.5. The number of aliphatic carboxylic acids is 1. The SMILES string of the molecule is O=C(COc1ccc(-c2ccc(F)cc2)cc1SCC(=O)c1ccc(F)cc1)N[C@@H](C(=O)N[C@@H](CO)C(=O)O)c1ccccc1. The van der Waals surface area contributed by atoms with Crippen LogP contribution in [-0.2, 0) is 14.4 Å². The summed E-state index contributed by atoms with van der Waals surface area (Å²) in [6, 6.07) is 21.2. The highest BCUT2D eigenvalue weighted by Crippen LogP contribution is 2.34. The van der Waals surface area contributed by atoms with Crippen molar-refractivity contribution in [2.24, 2.45) is 0 Å². The zero-order chi connectivity index (χ0) is 32.3. The molecular weight excluding hydrogens is 606 g/mol. The maximum atomic E-state index is 13.5. The average molecular weight is 635 g/mol. The zero-order valence-electron chi connectivity index (χ0n) is 23.6. The van der Waals surface area contributed by atoms with E-state index in [1.807, 2.05) is 0 Å². The Morgan fingerprint density at radius 2 is 1.42 bits per heavy atom. The number of carboxylic acids is 1. The minimum Gasteiger partial charge on any atom is -0.483 e. The fourth-order valence-electron chi connectivity index (χ4n) is 4.16. The minimum atomic E-state index is -1.58. The first-order chi connectivity index (χ1) is 21.6. The highest BCUT2D eigenvalue weighted by molar-refractivity contribution is 8.00. The standard InChI is InChI=1S/C33H28F2N2O7S/c34-24-11-6-20(7-12-24)23-10-15-28(29(16-23)45-19-27(39)21-8-13-25(35)14-9-21)44-18-30(40)37-31(22-4-2-1-3-5-22)32(41)36-26(17-38)33(42)43/h1-16,26,31,38H,17-19H2,(H,36,41)(H,37,40)(H,42,43)/t26-,31+/m0/s1. The molecule has 0 aliphatic heterocycles. The molecule has 0 radical (unpaired) electrons. The zero-order valence-corrected chi connectivity index (χ0v) is 24.4. The van der Waals surface area contributed by atoms with E-state index in [0.29, 0.717) is 27.1 Å². The number of Topliss-reactive ketones (excluding diaryl/α,β-unsaturated/α-hetero) is 1. The number of ketones is 1. The highest BCUT2D eigenvalue weighted by atomic mass is 32.2. The molecular formula is C33H28F2N2O7S. The molecule has 4 aromatic rings. The summed E-state index contributed by atoms with van der Waals surface area (Å²) in [6.45, 7) is -1.40. The molecule has 0 unspecified atom stereocenters. The molecule has 0 aliphatic carbocycles. The summed E-state index contributed by atoms with van der Waals surface area (Å²) >= 11 is 1.13. The van der Waals surface area contributed by atoms with Gasteiger partial charge in [-0.15, -0.1) is 11.8 Å². The number of nitrogens with one attached hydrogen (secondary N) is 2. The highest BCUT2D eigenvalue weighted by Gasteiger charge is 2.27. The van der Waals surface area contributed by atoms with Crippen LogP contribution in [0.4, 0.5) is 8.78 Å². The second-order valence-corrected chi connectivity index (χ2v) is 10.7. The van der Waals surface area contributed by atoms with Crippen LogP contribution in [0.2, 0.25) is 0 Å². The number of aliphatic hydroxyl groups is 1. The number of carbonyl (C=O) groups excluding carboxylic acids is 3. The van der Waals surface area contributed by atoms with E-state index in [4.69, 9.17) is 4.74 Å². The Morgan fingerprint density at radius 3 is 2.04 bits per heavy atom. The summed E-state index contributed by atoms with van der Waals surface area (Å²) in [6.07, 6.45) is 0. The maximum Gasteiger partial charge on any atom is 0.328 e. The Morgan fingerprint density at radius 1 is 0.800 bits per heavy atom. The van der Waals surface area contributed by atoms with E-state index in [0.717, 1.165) is 11.8 Å². The van der Waals surface area contributed by atoms with Crippen molar-refractivity contribution in [1.82, 2.24) is 10.6 Å². The molecule has 232 valence electrons. The van der Waals surface area contributed by atoms with Crippen LogP contribution in [0.25, 0.3) is 11.1 Å². The van der Waals surface area contributed by atoms with Gasteiger partial charge in [0.2, 0.25) is 5.91 Å². The lowest BCUT2D eigenvalue weighted by Crippen LogP contribution is -2.49. The van der Waals surface area contributed by atoms with Crippen LogP contribution >= 0.6 is 11.8 Å². The van der Waals surface area contributed by atoms with Crippen LogP contribution in [0.3, 0.4) is 0 Å². The predicted octanol–water partition coefficient (Wildman–Crippen LogP) is 4.40. The van der Waals surface area contributed by atoms with E-state index < -0.39 is 54.7 Å². The van der Waals surface area contributed by atoms with Crippen LogP contribution < -0.4 is 15.4 Å². The Balaban J connectivity index is 1.52. The molecule has 0 bridgehead atoms. The minimum absolute atomic E-state index is 0.0348. The van der Waals surface area contributed by atoms with Gasteiger partial charge in [-0.05, 0) is 65.2 Å². The summed E-state index contributed by atoms with van der Waals surface area (Å²) < 4.78 is 32.6. The number of thioether (sulfide) groups is 1. The summed E-state index contributed by atoms with van der Waals surface area (Å²) in [7, 11) is 0. The van der Waals surface area contributed by atoms with Gasteiger partial charge in [0.25, 0.3) is 5.91 Å². The fourth-order valence-corrected chi connectivity index (χ4v) is 5.09. The molecule has 2 atom stereocenters. The van der Waals surface area contributed by atoms with Gasteiger partial charge in [-0.1, -0.05) is 48.5 Å². The average Bonchev–Trinajstić information content (AvgIpc) is 3.05. The molecule has 0 spiro atoms. The van der Waals surface area contributed by atoms with E-state index in [9.17, 15) is 38.2 Å². The molecule has 45 heavy (non-hydrogen) atoms. The van der Waals surface area contributed by atoms with Gasteiger partial charge in [-0.25, -0.2) is 13.6 Å². The lowest BCUT2D eigenvalue weighted by atomic mass is 10.1. The van der Waals surface area contributed by atoms with Crippen molar-refractivity contribution in [3.05, 3.63) is 120 Å². The van der Waals surface area contributed by atoms with Crippen LogP contribution in [0.5, 0.6) is 5.75 Å². The smallest absolute Gasteiger partial charge is 0.328 e. The number of aliphatic hydroxyl groups excluding tert-OH is 1. The third-order valence-corrected chi connectivity index (χ3v) is 7.54. The van der Waals surface area contributed by atoms with Gasteiger partial charge in [0.05, 0.1) is 17.3 Å². The van der Waals surface area contributed by atoms with Crippen molar-refractivity contribution in [2.45, 2.75) is 17.0 Å². The lowest BCUT2D eigenvalue weighted by molar-refractivity contribution is -0.143. The third kappa shape index (κ3) is 9.21. The molecule has 0 aromatic heterocycles. The monoisotopic (exact) mass is 634 g/mol. The second-order valence-electron chi connectivity index (χ2n) is 9.67. The molecule has 4 N–H and O–H groups in total. The number of hydrogen-bond acceptors (Lipinski definition) is 7. The van der Waals surface area contributed by atoms with Gasteiger partial charge in [-0.3, -0.25) is 14.4 Å². The second kappa shape index (κ2) is 15.6. The Bertz CT molecular complexity index is 1650. The quantitative estimate of drug-likeness (QED) is 0.118. The number of benzene rings is 4. The first-order valence-electron chi connectivity index (χ1n) is 13.6. The molecule has 12 heteroatoms. The normalized spacial score (nSPS) is 12.1. The van der Waals surface area contributed by atoms with Gasteiger partial charge in [0, 0.05) is 5.56 Å². The topological polar surface area (TPSA) is 142 Å². The van der Waals surface area contributed by atoms with E-state index >= 15 is 0 Å². The van der Waals surface area contributed by atoms with E-state index in [-0.39, 0.29) is 17.3 Å². The molecule has 0 heterocycles. The molecule has 0 saturated carbocycles. The van der Waals surface area contributed by atoms with Crippen LogP contribution in [0, 0.1) is 11.6 Å². The van der Waals surface area contributed by atoms with Gasteiger partial charge in [0.1, 0.15) is 29.5 Å². The fraction of sp³-hybridized carbons (Fsp3) is 0.152. The van der Waals surface area contributed by atoms with Gasteiger partial charge >= 0.3 is 5.97 Å². The largest absolute Gasteiger partial charge is 0.483 e. The Hall–Kier alpha value is -5.07. The van der Waals surface area contributed by atoms with E-state index in [2.05, 4.69) is 10.6 Å². The van der Waals surface area contributed by atoms with E-state index in [1.165, 1.54) is 36.4 Å². The summed E-state index contributed by atoms with van der Waals surface area (Å²) in [4.78, 5) is 50.5. The van der Waals surface area contributed by atoms with Crippen LogP contribution in [0.1, 0.15) is 22.0 Å². The van der Waals surface area contributed by atoms with Gasteiger partial charge in [-0.2, -0.15) is 0 Å². The number of hydrogen-bond donors (Lipinski definition) is 4. The molecule has 9 nitrogen and oxygen atoms in total. The predicted molar refractivity (Wildman–Crippen MR) is 163 cm³/mol. The van der Waals surface area contributed by atoms with Crippen molar-refractivity contribution >= 4 is 35.3 Å². The number of rotatable bonds is 14. The van der Waals surface area contributed by atoms with Crippen molar-refractivity contribution in [3.63, 3.8) is 0 Å². The Kier molecular flexibility index (Phi) is 11.4. The van der Waals surface area contributed by atoms with Crippen LogP contribution in [0.15, 0.2) is 102 Å². The third-order valence-electron chi connectivity index (χ3n) is 6.50. The molecule has 0 aliphatic rings. The summed E-state index contributed by atoms with van der Waals surface area (Å²) in [5, 5.41) is 23.3. The number of carboxylic acid groups (broad SMARTS) is 1. The molecule has 4 rings (SSSR count). The molecule has 4 aromatic carbocycles. The van der Waals surface area contributed by atoms with Crippen molar-refractivity contribution in [1.29, 1.82) is 0 Å². The molecule has 0 saturated heterocycles. The number of halogens is 2. The first kappa shape index (κ1) is 32.8. The van der Waals surface area contributed by atoms with Crippen molar-refractivity contribution < 1.29 is 42.9 Å². The lowest BCUT2D eigenvalue weighted by Gasteiger charge is -2.21. The summed E-state index contributed by atoms with van der Waals surface area (Å²) in [5.74, 6) is -3.93. The van der Waals surface area contributed by atoms with Gasteiger partial charge < -0.3 is 25.6 Å². The number of carbonyl (C=O) groups is 4. The molecule has 0 fully saturated rings. The number of ether oxygens (including phenoxy) is 1. The van der Waals surface area contributed by atoms with Crippen molar-refractivity contribution in [3.8, 4) is 16.9 Å². The Labute approximate surface area is 261 Å². The first-order valence-corrected chi connectivity index (χ1v) is 14.6. The molecule has 2 amide bonds. The van der Waals surface area contributed by atoms with Crippen LogP contribution in [-0.4, -0.2) is 58.8 Å². The number of amides is 2. The summed E-state index contributed by atoms with van der Waals surface area (Å²) in [5.41, 5.74) is 2.08. The van der Waals surface area contributed by atoms with Crippen molar-refractivity contribution in [2.75, 3.05) is 19.0 Å².